The van der Waals surface area contributed by atoms with E-state index in [2.05, 4.69) is 64.2 Å². The lowest BCUT2D eigenvalue weighted by Crippen LogP contribution is -2.51. The first-order valence-corrected chi connectivity index (χ1v) is 13.2. The summed E-state index contributed by atoms with van der Waals surface area (Å²) in [5, 5.41) is 0. The summed E-state index contributed by atoms with van der Waals surface area (Å²) >= 11 is 0. The molecule has 6 heteroatoms. The van der Waals surface area contributed by atoms with E-state index in [4.69, 9.17) is 9.05 Å². The third kappa shape index (κ3) is 4.97. The Hall–Kier alpha value is -0.613. The van der Waals surface area contributed by atoms with Crippen LogP contribution < -0.4 is 0 Å². The summed E-state index contributed by atoms with van der Waals surface area (Å²) in [6.07, 6.45) is 6.26. The van der Waals surface area contributed by atoms with Crippen LogP contribution in [0.4, 0.5) is 0 Å². The SMILES string of the molecule is CCOP(=O)(/C=C/c1ccn([Si](C(C)C)(C(C)C)C(C)C)c1)OCC. The predicted molar refractivity (Wildman–Crippen MR) is 111 cm³/mol. The lowest BCUT2D eigenvalue weighted by atomic mass is 10.3. The number of rotatable bonds is 10. The fraction of sp³-hybridized carbons (Fsp3) is 0.684. The van der Waals surface area contributed by atoms with Gasteiger partial charge in [0, 0.05) is 12.0 Å². The molecule has 1 aromatic rings. The maximum Gasteiger partial charge on any atom is 0.354 e. The van der Waals surface area contributed by atoms with Crippen LogP contribution in [0.1, 0.15) is 61.0 Å². The van der Waals surface area contributed by atoms with Crippen molar-refractivity contribution in [1.82, 2.24) is 4.23 Å². The fourth-order valence-electron chi connectivity index (χ4n) is 4.31. The minimum atomic E-state index is -3.15. The summed E-state index contributed by atoms with van der Waals surface area (Å²) in [5.41, 5.74) is 2.94. The predicted octanol–water partition coefficient (Wildman–Crippen LogP) is 6.75. The zero-order valence-electron chi connectivity index (χ0n) is 17.2. The molecule has 0 aliphatic heterocycles. The van der Waals surface area contributed by atoms with Gasteiger partial charge in [0.05, 0.1) is 13.2 Å². The molecule has 0 aliphatic carbocycles. The third-order valence-electron chi connectivity index (χ3n) is 5.01. The van der Waals surface area contributed by atoms with Crippen LogP contribution in [-0.4, -0.2) is 25.7 Å². The largest absolute Gasteiger partial charge is 0.379 e. The molecule has 0 spiro atoms. The third-order valence-corrected chi connectivity index (χ3v) is 13.5. The molecular formula is C19H36NO3PSi. The van der Waals surface area contributed by atoms with Crippen LogP contribution in [0.2, 0.25) is 16.6 Å². The van der Waals surface area contributed by atoms with Crippen molar-refractivity contribution in [3.05, 3.63) is 29.8 Å². The summed E-state index contributed by atoms with van der Waals surface area (Å²) in [6.45, 7) is 18.5. The smallest absolute Gasteiger partial charge is 0.354 e. The Balaban J connectivity index is 3.20. The van der Waals surface area contributed by atoms with Crippen LogP contribution in [-0.2, 0) is 13.6 Å². The standard InChI is InChI=1S/C19H36NO3PSi/c1-9-22-24(21,23-10-2)14-12-19-11-13-20(15-19)25(16(3)4,17(5)6)18(7)8/h11-18H,9-10H2,1-8H3/b14-12+. The molecule has 0 saturated carbocycles. The number of hydrogen-bond acceptors (Lipinski definition) is 3. The van der Waals surface area contributed by atoms with E-state index < -0.39 is 15.8 Å². The highest BCUT2D eigenvalue weighted by Crippen LogP contribution is 2.50. The average Bonchev–Trinajstić information content (AvgIpc) is 2.94. The van der Waals surface area contributed by atoms with Gasteiger partial charge in [-0.15, -0.1) is 0 Å². The molecule has 0 atom stereocenters. The zero-order chi connectivity index (χ0) is 19.3. The normalized spacial score (nSPS) is 13.7. The van der Waals surface area contributed by atoms with Gasteiger partial charge in [0.15, 0.2) is 8.24 Å². The molecule has 0 aliphatic rings. The highest BCUT2D eigenvalue weighted by atomic mass is 31.2. The number of aromatic nitrogens is 1. The van der Waals surface area contributed by atoms with Crippen molar-refractivity contribution in [3.8, 4) is 0 Å². The summed E-state index contributed by atoms with van der Waals surface area (Å²) in [7, 11) is -4.89. The van der Waals surface area contributed by atoms with Gasteiger partial charge in [-0.05, 0) is 54.4 Å². The van der Waals surface area contributed by atoms with Crippen molar-refractivity contribution in [2.75, 3.05) is 13.2 Å². The second kappa shape index (κ2) is 9.36. The molecule has 0 unspecified atom stereocenters. The summed E-state index contributed by atoms with van der Waals surface area (Å²) in [5.74, 6) is 1.59. The average molecular weight is 386 g/mol. The van der Waals surface area contributed by atoms with E-state index in [1.807, 2.05) is 19.9 Å². The second-order valence-electron chi connectivity index (χ2n) is 7.39. The van der Waals surface area contributed by atoms with Crippen LogP contribution in [0, 0.1) is 0 Å². The minimum absolute atomic E-state index is 0.368. The Labute approximate surface area is 155 Å². The molecule has 1 rings (SSSR count). The molecule has 0 bridgehead atoms. The second-order valence-corrected chi connectivity index (χ2v) is 15.0. The topological polar surface area (TPSA) is 40.5 Å². The van der Waals surface area contributed by atoms with E-state index >= 15 is 0 Å². The summed E-state index contributed by atoms with van der Waals surface area (Å²) < 4.78 is 25.7. The molecular weight excluding hydrogens is 349 g/mol. The van der Waals surface area contributed by atoms with E-state index in [0.717, 1.165) is 5.56 Å². The molecule has 0 fully saturated rings. The molecule has 0 amide bonds. The highest BCUT2D eigenvalue weighted by Gasteiger charge is 2.44. The molecule has 0 saturated heterocycles. The quantitative estimate of drug-likeness (QED) is 0.330. The van der Waals surface area contributed by atoms with E-state index in [-0.39, 0.29) is 0 Å². The first kappa shape index (κ1) is 22.4. The van der Waals surface area contributed by atoms with Gasteiger partial charge in [-0.2, -0.15) is 0 Å². The fourth-order valence-corrected chi connectivity index (χ4v) is 12.1. The van der Waals surface area contributed by atoms with Crippen LogP contribution >= 0.6 is 7.60 Å². The maximum atomic E-state index is 12.6. The highest BCUT2D eigenvalue weighted by molar-refractivity contribution is 7.57. The van der Waals surface area contributed by atoms with E-state index in [1.165, 1.54) is 0 Å². The monoisotopic (exact) mass is 385 g/mol. The molecule has 144 valence electrons. The van der Waals surface area contributed by atoms with Gasteiger partial charge in [0.2, 0.25) is 0 Å². The summed E-state index contributed by atoms with van der Waals surface area (Å²) in [4.78, 5) is 0. The first-order valence-electron chi connectivity index (χ1n) is 9.40. The van der Waals surface area contributed by atoms with Gasteiger partial charge in [-0.3, -0.25) is 4.57 Å². The molecule has 1 aromatic heterocycles. The molecule has 1 heterocycles. The van der Waals surface area contributed by atoms with Crippen molar-refractivity contribution in [2.45, 2.75) is 72.0 Å². The number of nitrogens with zero attached hydrogens (tertiary/aromatic N) is 1. The van der Waals surface area contributed by atoms with Gasteiger partial charge in [0.25, 0.3) is 0 Å². The molecule has 0 radical (unpaired) electrons. The van der Waals surface area contributed by atoms with Crippen molar-refractivity contribution < 1.29 is 13.6 Å². The maximum absolute atomic E-state index is 12.6. The van der Waals surface area contributed by atoms with E-state index in [0.29, 0.717) is 29.8 Å². The van der Waals surface area contributed by atoms with Crippen molar-refractivity contribution >= 4 is 21.9 Å². The number of hydrogen-bond donors (Lipinski definition) is 0. The zero-order valence-corrected chi connectivity index (χ0v) is 19.0. The van der Waals surface area contributed by atoms with Crippen LogP contribution in [0.3, 0.4) is 0 Å². The summed E-state index contributed by atoms with van der Waals surface area (Å²) in [6, 6.07) is 2.09. The van der Waals surface area contributed by atoms with E-state index in [9.17, 15) is 4.57 Å². The lowest BCUT2D eigenvalue weighted by Gasteiger charge is -2.44. The van der Waals surface area contributed by atoms with Crippen LogP contribution in [0.15, 0.2) is 24.3 Å². The van der Waals surface area contributed by atoms with Gasteiger partial charge in [-0.1, -0.05) is 41.5 Å². The van der Waals surface area contributed by atoms with Gasteiger partial charge in [-0.25, -0.2) is 0 Å². The van der Waals surface area contributed by atoms with Crippen molar-refractivity contribution in [2.24, 2.45) is 0 Å². The molecule has 4 nitrogen and oxygen atoms in total. The van der Waals surface area contributed by atoms with Crippen LogP contribution in [0.25, 0.3) is 6.08 Å². The first-order chi connectivity index (χ1) is 11.6. The Kier molecular flexibility index (Phi) is 8.40. The Bertz CT molecular complexity index is 576. The Morgan fingerprint density at radius 2 is 1.52 bits per heavy atom. The van der Waals surface area contributed by atoms with E-state index in [1.54, 1.807) is 5.82 Å². The minimum Gasteiger partial charge on any atom is -0.379 e. The van der Waals surface area contributed by atoms with Crippen molar-refractivity contribution in [3.63, 3.8) is 0 Å². The Morgan fingerprint density at radius 3 is 1.92 bits per heavy atom. The van der Waals surface area contributed by atoms with Crippen molar-refractivity contribution in [1.29, 1.82) is 0 Å². The lowest BCUT2D eigenvalue weighted by molar-refractivity contribution is 0.229. The van der Waals surface area contributed by atoms with Crippen LogP contribution in [0.5, 0.6) is 0 Å². The molecule has 0 N–H and O–H groups in total. The Morgan fingerprint density at radius 1 is 1.04 bits per heavy atom. The molecule has 25 heavy (non-hydrogen) atoms. The molecule has 0 aromatic carbocycles. The van der Waals surface area contributed by atoms with Gasteiger partial charge >= 0.3 is 7.60 Å². The van der Waals surface area contributed by atoms with Gasteiger partial charge in [0.1, 0.15) is 0 Å². The van der Waals surface area contributed by atoms with Gasteiger partial charge < -0.3 is 13.3 Å².